The standard InChI is InChI=1S/C28H30F2N4O2S2/c1-18(15-33-10-8-28(29,30)17-33)32-19-5-6-23-25(13-19)37-24-4-2-3-21(27(24)38-23)22-16-34(11-12-36-22)20-7-9-31-26(35)14-20/h2-7,9,13-14,18,22,32H,8,10-12,15-17H2,1H3,(H,31,35). The van der Waals surface area contributed by atoms with Gasteiger partial charge in [0.25, 0.3) is 5.92 Å². The average molecular weight is 557 g/mol. The minimum absolute atomic E-state index is 0.0518. The fourth-order valence-electron chi connectivity index (χ4n) is 5.35. The summed E-state index contributed by atoms with van der Waals surface area (Å²) in [5.41, 5.74) is 2.97. The number of alkyl halides is 2. The quantitative estimate of drug-likeness (QED) is 0.316. The molecule has 3 aliphatic rings. The van der Waals surface area contributed by atoms with Crippen LogP contribution in [0.2, 0.25) is 0 Å². The van der Waals surface area contributed by atoms with Gasteiger partial charge in [0.2, 0.25) is 5.56 Å². The van der Waals surface area contributed by atoms with Gasteiger partial charge in [0, 0.05) is 81.9 Å². The molecule has 2 fully saturated rings. The Morgan fingerprint density at radius 2 is 2.03 bits per heavy atom. The van der Waals surface area contributed by atoms with Crippen molar-refractivity contribution < 1.29 is 13.5 Å². The molecule has 0 saturated carbocycles. The van der Waals surface area contributed by atoms with Crippen molar-refractivity contribution in [2.75, 3.05) is 49.5 Å². The highest BCUT2D eigenvalue weighted by Crippen LogP contribution is 2.51. The normalized spacial score (nSPS) is 21.6. The van der Waals surface area contributed by atoms with Gasteiger partial charge in [-0.05, 0) is 42.8 Å². The number of morpholine rings is 1. The predicted molar refractivity (Wildman–Crippen MR) is 148 cm³/mol. The number of ether oxygens (including phenoxy) is 1. The molecule has 4 heterocycles. The monoisotopic (exact) mass is 556 g/mol. The number of likely N-dealkylation sites (tertiary alicyclic amines) is 1. The maximum absolute atomic E-state index is 13.6. The summed E-state index contributed by atoms with van der Waals surface area (Å²) in [6.07, 6.45) is 1.54. The summed E-state index contributed by atoms with van der Waals surface area (Å²) in [5, 5.41) is 3.50. The van der Waals surface area contributed by atoms with E-state index in [0.717, 1.165) is 17.9 Å². The van der Waals surface area contributed by atoms with Gasteiger partial charge in [-0.3, -0.25) is 9.69 Å². The van der Waals surface area contributed by atoms with Crippen molar-refractivity contribution in [2.45, 2.75) is 51.0 Å². The third-order valence-electron chi connectivity index (χ3n) is 7.12. The molecule has 2 saturated heterocycles. The molecular formula is C28H30F2N4O2S2. The first-order valence-corrected chi connectivity index (χ1v) is 14.5. The number of nitrogens with zero attached hydrogens (tertiary/aromatic N) is 2. The third-order valence-corrected chi connectivity index (χ3v) is 9.73. The van der Waals surface area contributed by atoms with Crippen molar-refractivity contribution in [1.29, 1.82) is 0 Å². The van der Waals surface area contributed by atoms with Crippen molar-refractivity contribution in [3.63, 3.8) is 0 Å². The van der Waals surface area contributed by atoms with E-state index in [2.05, 4.69) is 51.6 Å². The van der Waals surface area contributed by atoms with Crippen molar-refractivity contribution in [3.8, 4) is 0 Å². The Kier molecular flexibility index (Phi) is 7.15. The van der Waals surface area contributed by atoms with Crippen LogP contribution in [0, 0.1) is 0 Å². The first-order chi connectivity index (χ1) is 18.3. The molecule has 200 valence electrons. The zero-order valence-electron chi connectivity index (χ0n) is 21.1. The van der Waals surface area contributed by atoms with E-state index in [0.29, 0.717) is 26.2 Å². The lowest BCUT2D eigenvalue weighted by atomic mass is 10.1. The lowest BCUT2D eigenvalue weighted by Crippen LogP contribution is -2.39. The molecule has 2 atom stereocenters. The van der Waals surface area contributed by atoms with Crippen LogP contribution in [0.4, 0.5) is 20.2 Å². The maximum atomic E-state index is 13.6. The molecule has 6 nitrogen and oxygen atoms in total. The zero-order valence-corrected chi connectivity index (χ0v) is 22.7. The number of halogens is 2. The number of rotatable bonds is 6. The number of hydrogen-bond acceptors (Lipinski definition) is 7. The molecule has 6 rings (SSSR count). The first kappa shape index (κ1) is 25.7. The average Bonchev–Trinajstić information content (AvgIpc) is 3.24. The molecule has 3 aromatic rings. The smallest absolute Gasteiger partial charge is 0.261 e. The third kappa shape index (κ3) is 5.59. The lowest BCUT2D eigenvalue weighted by Gasteiger charge is -2.36. The van der Waals surface area contributed by atoms with E-state index < -0.39 is 5.92 Å². The molecule has 10 heteroatoms. The van der Waals surface area contributed by atoms with Crippen molar-refractivity contribution in [3.05, 3.63) is 70.6 Å². The molecule has 0 spiro atoms. The summed E-state index contributed by atoms with van der Waals surface area (Å²) in [5.74, 6) is -2.56. The van der Waals surface area contributed by atoms with Crippen LogP contribution in [0.3, 0.4) is 0 Å². The van der Waals surface area contributed by atoms with Crippen LogP contribution in [-0.4, -0.2) is 61.2 Å². The highest BCUT2D eigenvalue weighted by atomic mass is 32.2. The molecule has 0 aliphatic carbocycles. The fourth-order valence-corrected chi connectivity index (χ4v) is 7.80. The molecule has 2 aromatic carbocycles. The second-order valence-corrected chi connectivity index (χ2v) is 12.3. The molecule has 0 bridgehead atoms. The number of nitrogens with one attached hydrogen (secondary N) is 2. The summed E-state index contributed by atoms with van der Waals surface area (Å²) in [7, 11) is 0. The molecule has 2 N–H and O–H groups in total. The summed E-state index contributed by atoms with van der Waals surface area (Å²) < 4.78 is 33.3. The van der Waals surface area contributed by atoms with Gasteiger partial charge in [-0.25, -0.2) is 8.78 Å². The molecule has 38 heavy (non-hydrogen) atoms. The summed E-state index contributed by atoms with van der Waals surface area (Å²) in [6, 6.07) is 16.4. The van der Waals surface area contributed by atoms with E-state index in [-0.39, 0.29) is 30.7 Å². The zero-order chi connectivity index (χ0) is 26.3. The molecule has 1 aromatic heterocycles. The Hall–Kier alpha value is -2.53. The predicted octanol–water partition coefficient (Wildman–Crippen LogP) is 5.71. The van der Waals surface area contributed by atoms with E-state index in [1.165, 1.54) is 25.1 Å². The number of fused-ring (bicyclic) bond motifs is 2. The van der Waals surface area contributed by atoms with Gasteiger partial charge < -0.3 is 19.9 Å². The van der Waals surface area contributed by atoms with Crippen molar-refractivity contribution in [1.82, 2.24) is 9.88 Å². The Morgan fingerprint density at radius 1 is 1.13 bits per heavy atom. The summed E-state index contributed by atoms with van der Waals surface area (Å²) in [6.45, 7) is 4.95. The molecular weight excluding hydrogens is 526 g/mol. The van der Waals surface area contributed by atoms with E-state index >= 15 is 0 Å². The Labute approximate surface area is 229 Å². The topological polar surface area (TPSA) is 60.6 Å². The maximum Gasteiger partial charge on any atom is 0.261 e. The largest absolute Gasteiger partial charge is 0.381 e. The highest BCUT2D eigenvalue weighted by Gasteiger charge is 2.38. The van der Waals surface area contributed by atoms with Crippen LogP contribution < -0.4 is 15.8 Å². The molecule has 3 aliphatic heterocycles. The van der Waals surface area contributed by atoms with Gasteiger partial charge >= 0.3 is 0 Å². The Balaban J connectivity index is 1.15. The molecule has 0 amide bonds. The first-order valence-electron chi connectivity index (χ1n) is 12.9. The van der Waals surface area contributed by atoms with Gasteiger partial charge in [-0.15, -0.1) is 0 Å². The highest BCUT2D eigenvalue weighted by molar-refractivity contribution is 8.05. The van der Waals surface area contributed by atoms with Gasteiger partial charge in [0.1, 0.15) is 6.10 Å². The van der Waals surface area contributed by atoms with E-state index in [9.17, 15) is 13.6 Å². The second-order valence-electron chi connectivity index (χ2n) is 10.1. The number of anilines is 2. The van der Waals surface area contributed by atoms with Crippen LogP contribution in [0.15, 0.2) is 79.1 Å². The van der Waals surface area contributed by atoms with Crippen molar-refractivity contribution in [2.24, 2.45) is 0 Å². The van der Waals surface area contributed by atoms with Crippen LogP contribution in [0.25, 0.3) is 0 Å². The number of hydrogen-bond donors (Lipinski definition) is 2. The minimum Gasteiger partial charge on any atom is -0.381 e. The van der Waals surface area contributed by atoms with E-state index in [1.807, 2.05) is 17.9 Å². The van der Waals surface area contributed by atoms with Crippen LogP contribution in [0.1, 0.15) is 25.0 Å². The molecule has 2 unspecified atom stereocenters. The number of H-pyrrole nitrogens is 1. The number of pyridine rings is 1. The summed E-state index contributed by atoms with van der Waals surface area (Å²) >= 11 is 3.51. The summed E-state index contributed by atoms with van der Waals surface area (Å²) in [4.78, 5) is 23.3. The number of aromatic nitrogens is 1. The number of benzene rings is 2. The SMILES string of the molecule is CC(CN1CCC(F)(F)C1)Nc1ccc2c(c1)Sc1cccc(C3CN(c4cc[nH]c(=O)c4)CCO3)c1S2. The number of aromatic amines is 1. The van der Waals surface area contributed by atoms with Gasteiger partial charge in [0.15, 0.2) is 0 Å². The van der Waals surface area contributed by atoms with Gasteiger partial charge in [0.05, 0.1) is 13.2 Å². The van der Waals surface area contributed by atoms with Crippen LogP contribution in [-0.2, 0) is 4.74 Å². The lowest BCUT2D eigenvalue weighted by molar-refractivity contribution is 0.0121. The second kappa shape index (κ2) is 10.6. The van der Waals surface area contributed by atoms with Crippen LogP contribution >= 0.6 is 23.5 Å². The minimum atomic E-state index is -2.56. The Morgan fingerprint density at radius 3 is 2.84 bits per heavy atom. The molecule has 0 radical (unpaired) electrons. The van der Waals surface area contributed by atoms with Crippen LogP contribution in [0.5, 0.6) is 0 Å². The Bertz CT molecular complexity index is 1380. The van der Waals surface area contributed by atoms with Gasteiger partial charge in [-0.2, -0.15) is 0 Å². The fraction of sp³-hybridized carbons (Fsp3) is 0.393. The van der Waals surface area contributed by atoms with E-state index in [4.69, 9.17) is 4.74 Å². The van der Waals surface area contributed by atoms with Crippen molar-refractivity contribution >= 4 is 34.9 Å². The van der Waals surface area contributed by atoms with Gasteiger partial charge in [-0.1, -0.05) is 35.7 Å². The van der Waals surface area contributed by atoms with E-state index in [1.54, 1.807) is 35.8 Å².